The maximum atomic E-state index is 12.6. The predicted octanol–water partition coefficient (Wildman–Crippen LogP) is 4.26. The van der Waals surface area contributed by atoms with Crippen molar-refractivity contribution in [3.63, 3.8) is 0 Å². The molecule has 3 heterocycles. The molecular weight excluding hydrogens is 402 g/mol. The van der Waals surface area contributed by atoms with Crippen LogP contribution in [0.5, 0.6) is 0 Å². The predicted molar refractivity (Wildman–Crippen MR) is 125 cm³/mol. The zero-order valence-corrected chi connectivity index (χ0v) is 17.8. The molecule has 0 radical (unpaired) electrons. The molecule has 6 heteroatoms. The van der Waals surface area contributed by atoms with E-state index in [9.17, 15) is 9.59 Å². The Morgan fingerprint density at radius 1 is 1.06 bits per heavy atom. The Labute approximate surface area is 186 Å². The van der Waals surface area contributed by atoms with Gasteiger partial charge in [0.2, 0.25) is 0 Å². The summed E-state index contributed by atoms with van der Waals surface area (Å²) in [4.78, 5) is 27.3. The molecule has 0 atom stereocenters. The highest BCUT2D eigenvalue weighted by Gasteiger charge is 2.23. The molecule has 0 spiro atoms. The van der Waals surface area contributed by atoms with Gasteiger partial charge in [0.15, 0.2) is 0 Å². The number of benzene rings is 2. The lowest BCUT2D eigenvalue weighted by atomic mass is 10.1. The summed E-state index contributed by atoms with van der Waals surface area (Å²) in [7, 11) is 0. The number of hydrogen-bond donors (Lipinski definition) is 2. The number of carbonyl (C=O) groups excluding carboxylic acids is 2. The van der Waals surface area contributed by atoms with Crippen molar-refractivity contribution < 1.29 is 14.0 Å². The van der Waals surface area contributed by atoms with Crippen LogP contribution in [0.15, 0.2) is 65.1 Å². The number of nitrogens with one attached hydrogen (secondary N) is 2. The van der Waals surface area contributed by atoms with Crippen LogP contribution in [0.3, 0.4) is 0 Å². The van der Waals surface area contributed by atoms with E-state index in [0.29, 0.717) is 29.2 Å². The molecule has 162 valence electrons. The van der Waals surface area contributed by atoms with Crippen LogP contribution in [0.1, 0.15) is 34.5 Å². The second-order valence-electron chi connectivity index (χ2n) is 8.15. The molecule has 1 saturated heterocycles. The van der Waals surface area contributed by atoms with Crippen molar-refractivity contribution in [3.05, 3.63) is 77.6 Å². The minimum absolute atomic E-state index is 0.0841. The number of para-hydroxylation sites is 1. The van der Waals surface area contributed by atoms with Gasteiger partial charge in [-0.1, -0.05) is 30.3 Å². The summed E-state index contributed by atoms with van der Waals surface area (Å²) < 4.78 is 5.98. The minimum Gasteiger partial charge on any atom is -0.457 e. The smallest absolute Gasteiger partial charge is 0.256 e. The van der Waals surface area contributed by atoms with Gasteiger partial charge in [-0.25, -0.2) is 0 Å². The fourth-order valence-electron chi connectivity index (χ4n) is 4.26. The van der Waals surface area contributed by atoms with Gasteiger partial charge in [-0.2, -0.15) is 0 Å². The maximum absolute atomic E-state index is 12.6. The third kappa shape index (κ3) is 4.22. The number of amides is 2. The van der Waals surface area contributed by atoms with Gasteiger partial charge >= 0.3 is 0 Å². The summed E-state index contributed by atoms with van der Waals surface area (Å²) in [6.07, 6.45) is 4.24. The van der Waals surface area contributed by atoms with Crippen LogP contribution in [0.2, 0.25) is 0 Å². The zero-order chi connectivity index (χ0) is 21.9. The Morgan fingerprint density at radius 2 is 1.91 bits per heavy atom. The van der Waals surface area contributed by atoms with Crippen LogP contribution in [0.4, 0.5) is 5.69 Å². The normalized spacial score (nSPS) is 16.9. The standard InChI is InChI=1S/C26H25N3O3/c30-25(27-12-15-29-13-3-4-14-29)19-7-5-6-18(16-19)24-11-10-20(32-24)17-22-21-8-1-2-9-23(21)28-26(22)31/h1-2,5-11,16-17H,3-4,12-15H2,(H,27,30)(H,28,31)/b22-17+. The lowest BCUT2D eigenvalue weighted by Gasteiger charge is -2.14. The maximum Gasteiger partial charge on any atom is 0.256 e. The Balaban J connectivity index is 1.29. The van der Waals surface area contributed by atoms with Gasteiger partial charge in [0, 0.05) is 35.5 Å². The second kappa shape index (κ2) is 8.85. The fourth-order valence-corrected chi connectivity index (χ4v) is 4.26. The molecule has 2 aromatic carbocycles. The van der Waals surface area contributed by atoms with E-state index in [2.05, 4.69) is 15.5 Å². The van der Waals surface area contributed by atoms with Crippen LogP contribution in [-0.4, -0.2) is 42.9 Å². The summed E-state index contributed by atoms with van der Waals surface area (Å²) in [5.41, 5.74) is 3.66. The molecule has 2 N–H and O–H groups in total. The average molecular weight is 428 g/mol. The van der Waals surface area contributed by atoms with E-state index in [1.807, 2.05) is 54.6 Å². The summed E-state index contributed by atoms with van der Waals surface area (Å²) in [6, 6.07) is 18.7. The molecule has 2 amide bonds. The van der Waals surface area contributed by atoms with E-state index in [-0.39, 0.29) is 11.8 Å². The van der Waals surface area contributed by atoms with Crippen molar-refractivity contribution in [1.29, 1.82) is 0 Å². The van der Waals surface area contributed by atoms with E-state index < -0.39 is 0 Å². The van der Waals surface area contributed by atoms with Gasteiger partial charge in [-0.3, -0.25) is 9.59 Å². The minimum atomic E-state index is -0.142. The van der Waals surface area contributed by atoms with E-state index >= 15 is 0 Å². The van der Waals surface area contributed by atoms with Crippen molar-refractivity contribution in [2.45, 2.75) is 12.8 Å². The van der Waals surface area contributed by atoms with Crippen molar-refractivity contribution in [1.82, 2.24) is 10.2 Å². The van der Waals surface area contributed by atoms with Crippen LogP contribution in [-0.2, 0) is 4.79 Å². The summed E-state index contributed by atoms with van der Waals surface area (Å²) in [5.74, 6) is 1.01. The Kier molecular flexibility index (Phi) is 5.60. The molecule has 6 nitrogen and oxygen atoms in total. The first-order chi connectivity index (χ1) is 15.7. The van der Waals surface area contributed by atoms with Crippen molar-refractivity contribution >= 4 is 29.2 Å². The molecule has 2 aliphatic rings. The molecule has 1 fully saturated rings. The lowest BCUT2D eigenvalue weighted by Crippen LogP contribution is -2.33. The first-order valence-corrected chi connectivity index (χ1v) is 11.0. The number of likely N-dealkylation sites (tertiary alicyclic amines) is 1. The summed E-state index contributed by atoms with van der Waals surface area (Å²) in [6.45, 7) is 3.77. The number of carbonyl (C=O) groups is 2. The van der Waals surface area contributed by atoms with Gasteiger partial charge in [0.25, 0.3) is 11.8 Å². The SMILES string of the molecule is O=C1Nc2ccccc2/C1=C\c1ccc(-c2cccc(C(=O)NCCN3CCCC3)c2)o1. The molecule has 32 heavy (non-hydrogen) atoms. The van der Waals surface area contributed by atoms with Gasteiger partial charge in [0.1, 0.15) is 11.5 Å². The van der Waals surface area contributed by atoms with Crippen LogP contribution in [0.25, 0.3) is 23.0 Å². The van der Waals surface area contributed by atoms with Crippen molar-refractivity contribution in [2.75, 3.05) is 31.5 Å². The van der Waals surface area contributed by atoms with Gasteiger partial charge in [0.05, 0.1) is 5.57 Å². The number of hydrogen-bond acceptors (Lipinski definition) is 4. The highest BCUT2D eigenvalue weighted by Crippen LogP contribution is 2.33. The molecule has 2 aliphatic heterocycles. The Hall–Kier alpha value is -3.64. The highest BCUT2D eigenvalue weighted by atomic mass is 16.3. The number of anilines is 1. The third-order valence-electron chi connectivity index (χ3n) is 5.94. The Bertz CT molecular complexity index is 1190. The first-order valence-electron chi connectivity index (χ1n) is 11.0. The number of nitrogens with zero attached hydrogens (tertiary/aromatic N) is 1. The van der Waals surface area contributed by atoms with Crippen LogP contribution >= 0.6 is 0 Å². The monoisotopic (exact) mass is 427 g/mol. The van der Waals surface area contributed by atoms with Crippen LogP contribution < -0.4 is 10.6 Å². The quantitative estimate of drug-likeness (QED) is 0.577. The van der Waals surface area contributed by atoms with Gasteiger partial charge in [-0.05, 0) is 62.3 Å². The molecule has 0 unspecified atom stereocenters. The van der Waals surface area contributed by atoms with E-state index in [4.69, 9.17) is 4.42 Å². The van der Waals surface area contributed by atoms with Crippen LogP contribution in [0, 0.1) is 0 Å². The highest BCUT2D eigenvalue weighted by molar-refractivity contribution is 6.34. The van der Waals surface area contributed by atoms with Gasteiger partial charge in [-0.15, -0.1) is 0 Å². The summed E-state index contributed by atoms with van der Waals surface area (Å²) >= 11 is 0. The zero-order valence-electron chi connectivity index (χ0n) is 17.8. The van der Waals surface area contributed by atoms with Crippen molar-refractivity contribution in [3.8, 4) is 11.3 Å². The Morgan fingerprint density at radius 3 is 2.78 bits per heavy atom. The molecule has 0 aliphatic carbocycles. The van der Waals surface area contributed by atoms with E-state index in [1.165, 1.54) is 12.8 Å². The van der Waals surface area contributed by atoms with Crippen molar-refractivity contribution in [2.24, 2.45) is 0 Å². The summed E-state index contributed by atoms with van der Waals surface area (Å²) in [5, 5.41) is 5.87. The van der Waals surface area contributed by atoms with E-state index in [1.54, 1.807) is 12.1 Å². The lowest BCUT2D eigenvalue weighted by molar-refractivity contribution is -0.110. The third-order valence-corrected chi connectivity index (χ3v) is 5.94. The second-order valence-corrected chi connectivity index (χ2v) is 8.15. The van der Waals surface area contributed by atoms with E-state index in [0.717, 1.165) is 36.4 Å². The topological polar surface area (TPSA) is 74.6 Å². The number of furan rings is 1. The largest absolute Gasteiger partial charge is 0.457 e. The molecule has 0 bridgehead atoms. The number of fused-ring (bicyclic) bond motifs is 1. The molecule has 5 rings (SSSR count). The molecule has 3 aromatic rings. The first kappa shape index (κ1) is 20.3. The van der Waals surface area contributed by atoms with Gasteiger partial charge < -0.3 is 20.0 Å². The molecule has 1 aromatic heterocycles. The number of rotatable bonds is 6. The molecular formula is C26H25N3O3. The average Bonchev–Trinajstić information content (AvgIpc) is 3.56. The fraction of sp³-hybridized carbons (Fsp3) is 0.231. The molecule has 0 saturated carbocycles.